The molecule has 0 spiro atoms. The van der Waals surface area contributed by atoms with E-state index in [0.717, 1.165) is 45.3 Å². The lowest BCUT2D eigenvalue weighted by Gasteiger charge is -2.35. The molecule has 4 heterocycles. The molecular formula is C73H110F2N8O18S2. The topological polar surface area (TPSA) is 327 Å². The molecule has 7 N–H and O–H groups in total. The van der Waals surface area contributed by atoms with Gasteiger partial charge in [-0.1, -0.05) is 72.7 Å². The Morgan fingerprint density at radius 1 is 0.573 bits per heavy atom. The van der Waals surface area contributed by atoms with Crippen LogP contribution in [0.5, 0.6) is 11.5 Å². The molecule has 0 bridgehead atoms. The van der Waals surface area contributed by atoms with Gasteiger partial charge >= 0.3 is 0 Å². The van der Waals surface area contributed by atoms with Gasteiger partial charge in [-0.3, -0.25) is 28.8 Å². The number of aliphatic hydroxyl groups excluding tert-OH is 2. The number of alkyl halides is 2. The fourth-order valence-electron chi connectivity index (χ4n) is 11.2. The van der Waals surface area contributed by atoms with Crippen molar-refractivity contribution in [2.75, 3.05) is 99.0 Å². The molecular weight excluding hydrogens is 1380 g/mol. The van der Waals surface area contributed by atoms with Crippen LogP contribution in [0.4, 0.5) is 8.78 Å². The number of hydrogen-bond donors (Lipinski definition) is 7. The van der Waals surface area contributed by atoms with Crippen molar-refractivity contribution in [3.8, 4) is 32.4 Å². The van der Waals surface area contributed by atoms with Crippen molar-refractivity contribution in [1.82, 2.24) is 41.0 Å². The molecule has 6 atom stereocenters. The summed E-state index contributed by atoms with van der Waals surface area (Å²) >= 11 is 2.98. The average molecular weight is 1490 g/mol. The van der Waals surface area contributed by atoms with Gasteiger partial charge in [0.15, 0.2) is 23.9 Å². The van der Waals surface area contributed by atoms with Gasteiger partial charge in [0, 0.05) is 83.2 Å². The number of halogens is 2. The van der Waals surface area contributed by atoms with E-state index < -0.39 is 100 Å². The third-order valence-corrected chi connectivity index (χ3v) is 19.2. The van der Waals surface area contributed by atoms with Crippen molar-refractivity contribution in [1.29, 1.82) is 0 Å². The minimum Gasteiger partial charge on any atom is -0.508 e. The van der Waals surface area contributed by atoms with Gasteiger partial charge in [0.25, 0.3) is 11.8 Å². The quantitative estimate of drug-likeness (QED) is 0.0166. The number of aromatic hydroxyl groups is 1. The molecule has 2 aromatic carbocycles. The third-order valence-electron chi connectivity index (χ3n) is 17.3. The molecule has 4 aromatic rings. The second kappa shape index (κ2) is 40.9. The van der Waals surface area contributed by atoms with Crippen LogP contribution in [0.1, 0.15) is 144 Å². The molecule has 8 rings (SSSR count). The summed E-state index contributed by atoms with van der Waals surface area (Å²) < 4.78 is 78.5. The molecule has 0 radical (unpaired) electrons. The monoisotopic (exact) mass is 1490 g/mol. The predicted octanol–water partition coefficient (Wildman–Crippen LogP) is 7.80. The number of hydrogen-bond acceptors (Lipinski definition) is 22. The van der Waals surface area contributed by atoms with Gasteiger partial charge < -0.3 is 89.0 Å². The first kappa shape index (κ1) is 85.5. The highest BCUT2D eigenvalue weighted by molar-refractivity contribution is 7.13. The fraction of sp³-hybridized carbons (Fsp3) is 0.671. The number of ether oxygens (including phenoxy) is 9. The second-order valence-electron chi connectivity index (χ2n) is 27.8. The van der Waals surface area contributed by atoms with Gasteiger partial charge in [-0.15, -0.1) is 22.7 Å². The van der Waals surface area contributed by atoms with Crippen LogP contribution >= 0.6 is 22.7 Å². The van der Waals surface area contributed by atoms with Crippen LogP contribution in [0.25, 0.3) is 20.9 Å². The number of phenols is 1. The van der Waals surface area contributed by atoms with E-state index in [1.807, 2.05) is 65.8 Å². The number of thiazole rings is 2. The number of rotatable bonds is 38. The van der Waals surface area contributed by atoms with Crippen molar-refractivity contribution in [3.63, 3.8) is 0 Å². The third kappa shape index (κ3) is 26.2. The maximum atomic E-state index is 14.5. The Morgan fingerprint density at radius 2 is 0.961 bits per heavy atom. The Labute approximate surface area is 612 Å². The Bertz CT molecular complexity index is 3330. The molecule has 103 heavy (non-hydrogen) atoms. The number of nitrogens with one attached hydrogen (secondary N) is 4. The number of benzene rings is 2. The van der Waals surface area contributed by atoms with E-state index in [4.69, 9.17) is 42.6 Å². The standard InChI is InChI=1S/C36H53FN4O9S.C26H33FN4O5S.C11H24O4/c1-7-48-29(49-8-2)21-47-14-13-46-15-16-50-28-17-24(30-23(3)39-22-51-30)9-10-25(28)19-38-32(43)27-18-26(42)20-41(27)33(44)31(35(4,5)6)40-34(45)36(37)11-12-36;1-14-20(37-13-29-14)15-5-6-16(19(33)9-15)11-28-22(34)18-10-17(32)12-31(18)23(35)21(25(2,3)4)30-24(36)26(27)7-8-26;1-4-7-12-8-9-13-10-11(14-5-2)15-6-3/h9-10,17,22,26-27,29,31,42H,7-8,11-16,18-21H2,1-6H3,(H,38,43)(H,40,45);5-6,9,13,17-18,21,32-33H,7-8,10-12H2,1-4H3,(H,28,34)(H,30,36);11H,4-10H2,1-3H3/t26-,27+,31-;17-,18+,21-;/m11./s1. The Morgan fingerprint density at radius 3 is 1.34 bits per heavy atom. The van der Waals surface area contributed by atoms with Crippen LogP contribution in [0, 0.1) is 24.7 Å². The van der Waals surface area contributed by atoms with E-state index in [1.165, 1.54) is 32.5 Å². The zero-order valence-electron chi connectivity index (χ0n) is 62.0. The van der Waals surface area contributed by atoms with Crippen molar-refractivity contribution in [2.45, 2.75) is 208 Å². The zero-order chi connectivity index (χ0) is 75.7. The van der Waals surface area contributed by atoms with Gasteiger partial charge in [-0.05, 0) is 108 Å². The fourth-order valence-corrected chi connectivity index (χ4v) is 12.8. The number of phenolic OH excluding ortho intramolecular Hbond substituents is 1. The number of carbonyl (C=O) groups is 6. The number of β-amino-alcohol motifs (C(OH)–C–C–N with tert-alkyl or cyclic N) is 2. The number of aromatic nitrogens is 2. The lowest BCUT2D eigenvalue weighted by atomic mass is 9.85. The highest BCUT2D eigenvalue weighted by Crippen LogP contribution is 2.42. The molecule has 6 amide bonds. The number of carbonyl (C=O) groups excluding carboxylic acids is 6. The SMILES string of the molecule is CCCOCCOCC(OCC)OCC.CCOC(COCCOCCOc1cc(-c2scnc2C)ccc1CNC(=O)[C@@H]1C[C@@H](O)CN1C(=O)[C@@H](NC(=O)C1(F)CC1)C(C)(C)C)OCC.Cc1ncsc1-c1ccc(CNC(=O)[C@@H]2C[C@@H](O)CN2C(=O)[C@@H](NC(=O)C2(F)CC2)C(C)(C)C)c(O)c1. The van der Waals surface area contributed by atoms with E-state index in [9.17, 15) is 52.9 Å². The molecule has 2 aromatic heterocycles. The molecule has 26 nitrogen and oxygen atoms in total. The molecule has 2 saturated heterocycles. The van der Waals surface area contributed by atoms with Crippen molar-refractivity contribution >= 4 is 58.1 Å². The van der Waals surface area contributed by atoms with Gasteiger partial charge in [0.2, 0.25) is 23.6 Å². The van der Waals surface area contributed by atoms with E-state index in [1.54, 1.807) is 64.7 Å². The van der Waals surface area contributed by atoms with Crippen LogP contribution in [-0.4, -0.2) is 230 Å². The predicted molar refractivity (Wildman–Crippen MR) is 384 cm³/mol. The molecule has 576 valence electrons. The largest absolute Gasteiger partial charge is 0.508 e. The first-order valence-corrected chi connectivity index (χ1v) is 37.4. The first-order valence-electron chi connectivity index (χ1n) is 35.6. The summed E-state index contributed by atoms with van der Waals surface area (Å²) in [7, 11) is 0. The van der Waals surface area contributed by atoms with Crippen LogP contribution in [0.2, 0.25) is 0 Å². The molecule has 30 heteroatoms. The normalized spacial score (nSPS) is 18.7. The van der Waals surface area contributed by atoms with Crippen LogP contribution in [-0.2, 0) is 79.8 Å². The lowest BCUT2D eigenvalue weighted by Crippen LogP contribution is -2.59. The molecule has 4 fully saturated rings. The van der Waals surface area contributed by atoms with Gasteiger partial charge in [0.1, 0.15) is 42.3 Å². The van der Waals surface area contributed by atoms with Crippen LogP contribution in [0.15, 0.2) is 47.4 Å². The van der Waals surface area contributed by atoms with Crippen molar-refractivity contribution in [3.05, 3.63) is 69.9 Å². The number of nitrogens with zero attached hydrogens (tertiary/aromatic N) is 4. The molecule has 4 aliphatic rings. The number of aliphatic hydroxyl groups is 2. The summed E-state index contributed by atoms with van der Waals surface area (Å²) in [6.07, 6.45) is -0.935. The minimum absolute atomic E-state index is 0.0146. The summed E-state index contributed by atoms with van der Waals surface area (Å²) in [6.45, 7) is 30.4. The molecule has 0 unspecified atom stereocenters. The van der Waals surface area contributed by atoms with Gasteiger partial charge in [-0.25, -0.2) is 18.7 Å². The molecule has 2 aliphatic carbocycles. The molecule has 2 aliphatic heterocycles. The number of likely N-dealkylation sites (tertiary alicyclic amines) is 2. The number of amides is 6. The maximum absolute atomic E-state index is 14.5. The highest BCUT2D eigenvalue weighted by Gasteiger charge is 2.55. The summed E-state index contributed by atoms with van der Waals surface area (Å²) in [6, 6.07) is 6.77. The summed E-state index contributed by atoms with van der Waals surface area (Å²) in [5, 5.41) is 42.1. The Hall–Kier alpha value is -6.42. The summed E-state index contributed by atoms with van der Waals surface area (Å²) in [4.78, 5) is 92.0. The highest BCUT2D eigenvalue weighted by atomic mass is 32.1. The Kier molecular flexibility index (Phi) is 34.0. The van der Waals surface area contributed by atoms with Crippen LogP contribution < -0.4 is 26.0 Å². The smallest absolute Gasteiger partial charge is 0.258 e. The molecule has 2 saturated carbocycles. The zero-order valence-corrected chi connectivity index (χ0v) is 63.7. The van der Waals surface area contributed by atoms with Gasteiger partial charge in [-0.2, -0.15) is 0 Å². The average Bonchev–Trinajstić information content (AvgIpc) is 1.61. The van der Waals surface area contributed by atoms with Gasteiger partial charge in [0.05, 0.1) is 90.6 Å². The van der Waals surface area contributed by atoms with E-state index in [0.29, 0.717) is 89.6 Å². The first-order chi connectivity index (χ1) is 48.9. The van der Waals surface area contributed by atoms with Crippen molar-refractivity contribution in [2.24, 2.45) is 10.8 Å². The minimum atomic E-state index is -1.96. The maximum Gasteiger partial charge on any atom is 0.258 e. The second-order valence-corrected chi connectivity index (χ2v) is 29.5. The van der Waals surface area contributed by atoms with Crippen molar-refractivity contribution < 1.29 is 95.5 Å². The lowest BCUT2D eigenvalue weighted by molar-refractivity contribution is -0.169. The van der Waals surface area contributed by atoms with Crippen LogP contribution in [0.3, 0.4) is 0 Å². The van der Waals surface area contributed by atoms with E-state index in [-0.39, 0.29) is 83.4 Å². The van der Waals surface area contributed by atoms with E-state index in [2.05, 4.69) is 38.2 Å². The Balaban J connectivity index is 0.000000278. The summed E-state index contributed by atoms with van der Waals surface area (Å²) in [5.41, 5.74) is 2.76. The number of aryl methyl sites for hydroxylation is 2. The van der Waals surface area contributed by atoms with E-state index >= 15 is 0 Å². The summed E-state index contributed by atoms with van der Waals surface area (Å²) in [5.74, 6) is -3.13.